The second-order valence-corrected chi connectivity index (χ2v) is 4.03. The van der Waals surface area contributed by atoms with Crippen molar-refractivity contribution in [3.8, 4) is 5.75 Å². The largest absolute Gasteiger partial charge is 0.488 e. The van der Waals surface area contributed by atoms with E-state index < -0.39 is 5.97 Å². The minimum Gasteiger partial charge on any atom is -0.488 e. The summed E-state index contributed by atoms with van der Waals surface area (Å²) < 4.78 is 5.46. The van der Waals surface area contributed by atoms with Crippen LogP contribution in [-0.4, -0.2) is 16.1 Å². The molecule has 0 saturated heterocycles. The maximum Gasteiger partial charge on any atom is 0.339 e. The summed E-state index contributed by atoms with van der Waals surface area (Å²) in [4.78, 5) is 15.0. The van der Waals surface area contributed by atoms with Crippen molar-refractivity contribution in [2.75, 3.05) is 0 Å². The lowest BCUT2D eigenvalue weighted by Gasteiger charge is -2.09. The van der Waals surface area contributed by atoms with Gasteiger partial charge in [0.1, 0.15) is 17.9 Å². The Hall–Kier alpha value is -2.07. The van der Waals surface area contributed by atoms with Crippen LogP contribution in [0.1, 0.15) is 15.9 Å². The highest BCUT2D eigenvalue weighted by Crippen LogP contribution is 2.23. The maximum atomic E-state index is 11.0. The van der Waals surface area contributed by atoms with Crippen molar-refractivity contribution in [2.24, 2.45) is 0 Å². The van der Waals surface area contributed by atoms with E-state index in [-0.39, 0.29) is 17.9 Å². The van der Waals surface area contributed by atoms with Gasteiger partial charge in [0.2, 0.25) is 0 Å². The number of halogens is 1. The van der Waals surface area contributed by atoms with Crippen molar-refractivity contribution in [1.29, 1.82) is 0 Å². The zero-order chi connectivity index (χ0) is 13.0. The average molecular weight is 264 g/mol. The molecule has 1 heterocycles. The molecule has 0 spiro atoms. The smallest absolute Gasteiger partial charge is 0.339 e. The van der Waals surface area contributed by atoms with Crippen LogP contribution in [0.25, 0.3) is 0 Å². The molecule has 1 N–H and O–H groups in total. The summed E-state index contributed by atoms with van der Waals surface area (Å²) in [7, 11) is 0. The van der Waals surface area contributed by atoms with E-state index in [1.165, 1.54) is 6.07 Å². The molecule has 0 aliphatic carbocycles. The van der Waals surface area contributed by atoms with E-state index in [4.69, 9.17) is 21.4 Å². The molecular formula is C13H10ClNO3. The molecule has 4 nitrogen and oxygen atoms in total. The number of pyridine rings is 1. The minimum atomic E-state index is -1.07. The molecule has 92 valence electrons. The lowest BCUT2D eigenvalue weighted by Crippen LogP contribution is -2.03. The van der Waals surface area contributed by atoms with Gasteiger partial charge in [0.05, 0.1) is 0 Å². The molecule has 0 unspecified atom stereocenters. The number of hydrogen-bond donors (Lipinski definition) is 1. The number of benzene rings is 1. The first-order valence-electron chi connectivity index (χ1n) is 5.21. The summed E-state index contributed by atoms with van der Waals surface area (Å²) in [6.07, 6.45) is 3.32. The fourth-order valence-electron chi connectivity index (χ4n) is 1.44. The van der Waals surface area contributed by atoms with Gasteiger partial charge in [-0.2, -0.15) is 0 Å². The van der Waals surface area contributed by atoms with Gasteiger partial charge in [0, 0.05) is 23.0 Å². The van der Waals surface area contributed by atoms with Crippen LogP contribution >= 0.6 is 11.6 Å². The van der Waals surface area contributed by atoms with Crippen molar-refractivity contribution < 1.29 is 14.6 Å². The van der Waals surface area contributed by atoms with Crippen LogP contribution in [0.2, 0.25) is 5.02 Å². The third-order valence-corrected chi connectivity index (χ3v) is 2.52. The second-order valence-electron chi connectivity index (χ2n) is 3.60. The molecule has 5 heteroatoms. The third kappa shape index (κ3) is 2.99. The first-order chi connectivity index (χ1) is 8.66. The number of carbonyl (C=O) groups is 1. The van der Waals surface area contributed by atoms with E-state index in [1.807, 2.05) is 6.07 Å². The van der Waals surface area contributed by atoms with Gasteiger partial charge >= 0.3 is 5.97 Å². The molecule has 0 bridgehead atoms. The Morgan fingerprint density at radius 2 is 2.22 bits per heavy atom. The van der Waals surface area contributed by atoms with Gasteiger partial charge in [0.25, 0.3) is 0 Å². The highest BCUT2D eigenvalue weighted by atomic mass is 35.5. The Morgan fingerprint density at radius 3 is 2.89 bits per heavy atom. The van der Waals surface area contributed by atoms with E-state index in [9.17, 15) is 4.79 Å². The molecular weight excluding hydrogens is 254 g/mol. The number of hydrogen-bond acceptors (Lipinski definition) is 3. The number of carboxylic acid groups (broad SMARTS) is 1. The predicted octanol–water partition coefficient (Wildman–Crippen LogP) is 3.01. The van der Waals surface area contributed by atoms with Gasteiger partial charge in [-0.15, -0.1) is 0 Å². The SMILES string of the molecule is O=C(O)c1cc(Cl)ccc1OCc1cccnc1. The highest BCUT2D eigenvalue weighted by Gasteiger charge is 2.12. The Balaban J connectivity index is 2.17. The Kier molecular flexibility index (Phi) is 3.79. The van der Waals surface area contributed by atoms with E-state index >= 15 is 0 Å². The van der Waals surface area contributed by atoms with Gasteiger partial charge in [-0.05, 0) is 24.3 Å². The summed E-state index contributed by atoms with van der Waals surface area (Å²) in [6, 6.07) is 8.14. The summed E-state index contributed by atoms with van der Waals surface area (Å²) in [6.45, 7) is 0.260. The molecule has 0 radical (unpaired) electrons. The molecule has 0 aliphatic heterocycles. The summed E-state index contributed by atoms with van der Waals surface area (Å²) in [5.74, 6) is -0.783. The molecule has 2 rings (SSSR count). The number of carboxylic acids is 1. The molecule has 1 aromatic carbocycles. The molecule has 1 aromatic heterocycles. The van der Waals surface area contributed by atoms with Crippen molar-refractivity contribution in [3.63, 3.8) is 0 Å². The van der Waals surface area contributed by atoms with E-state index in [0.29, 0.717) is 5.02 Å². The van der Waals surface area contributed by atoms with Crippen molar-refractivity contribution in [3.05, 3.63) is 58.9 Å². The standard InChI is InChI=1S/C13H10ClNO3/c14-10-3-4-12(11(6-10)13(16)17)18-8-9-2-1-5-15-7-9/h1-7H,8H2,(H,16,17). The summed E-state index contributed by atoms with van der Waals surface area (Å²) in [5.41, 5.74) is 0.912. The number of aromatic carboxylic acids is 1. The van der Waals surface area contributed by atoms with Crippen LogP contribution in [0.4, 0.5) is 0 Å². The first kappa shape index (κ1) is 12.4. The lowest BCUT2D eigenvalue weighted by molar-refractivity contribution is 0.0692. The number of aromatic nitrogens is 1. The molecule has 0 atom stereocenters. The van der Waals surface area contributed by atoms with Crippen LogP contribution in [0.15, 0.2) is 42.7 Å². The Morgan fingerprint density at radius 1 is 1.39 bits per heavy atom. The van der Waals surface area contributed by atoms with Gasteiger partial charge in [-0.25, -0.2) is 4.79 Å². The van der Waals surface area contributed by atoms with Crippen LogP contribution in [-0.2, 0) is 6.61 Å². The number of rotatable bonds is 4. The van der Waals surface area contributed by atoms with Crippen molar-refractivity contribution in [1.82, 2.24) is 4.98 Å². The number of ether oxygens (including phenoxy) is 1. The van der Waals surface area contributed by atoms with Crippen LogP contribution in [0, 0.1) is 0 Å². The monoisotopic (exact) mass is 263 g/mol. The fourth-order valence-corrected chi connectivity index (χ4v) is 1.61. The second kappa shape index (κ2) is 5.51. The molecule has 0 saturated carbocycles. The number of nitrogens with zero attached hydrogens (tertiary/aromatic N) is 1. The Labute approximate surface area is 109 Å². The van der Waals surface area contributed by atoms with Gasteiger partial charge < -0.3 is 9.84 Å². The predicted molar refractivity (Wildman–Crippen MR) is 67.0 cm³/mol. The van der Waals surface area contributed by atoms with Gasteiger partial charge in [-0.3, -0.25) is 4.98 Å². The molecule has 2 aromatic rings. The van der Waals surface area contributed by atoms with Crippen molar-refractivity contribution in [2.45, 2.75) is 6.61 Å². The third-order valence-electron chi connectivity index (χ3n) is 2.29. The topological polar surface area (TPSA) is 59.4 Å². The molecule has 18 heavy (non-hydrogen) atoms. The van der Waals surface area contributed by atoms with Crippen molar-refractivity contribution >= 4 is 17.6 Å². The quantitative estimate of drug-likeness (QED) is 0.921. The van der Waals surface area contributed by atoms with Crippen LogP contribution in [0.3, 0.4) is 0 Å². The molecule has 0 amide bonds. The highest BCUT2D eigenvalue weighted by molar-refractivity contribution is 6.31. The van der Waals surface area contributed by atoms with Gasteiger partial charge in [0.15, 0.2) is 0 Å². The zero-order valence-corrected chi connectivity index (χ0v) is 10.1. The first-order valence-corrected chi connectivity index (χ1v) is 5.59. The van der Waals surface area contributed by atoms with E-state index in [1.54, 1.807) is 30.6 Å². The maximum absolute atomic E-state index is 11.0. The van der Waals surface area contributed by atoms with Crippen LogP contribution < -0.4 is 4.74 Å². The van der Waals surface area contributed by atoms with Gasteiger partial charge in [-0.1, -0.05) is 17.7 Å². The van der Waals surface area contributed by atoms with Crippen LogP contribution in [0.5, 0.6) is 5.75 Å². The van der Waals surface area contributed by atoms with E-state index in [2.05, 4.69) is 4.98 Å². The minimum absolute atomic E-state index is 0.0476. The Bertz CT molecular complexity index is 557. The lowest BCUT2D eigenvalue weighted by atomic mass is 10.2. The average Bonchev–Trinajstić information content (AvgIpc) is 2.38. The molecule has 0 aliphatic rings. The zero-order valence-electron chi connectivity index (χ0n) is 9.34. The summed E-state index contributed by atoms with van der Waals surface area (Å²) >= 11 is 5.75. The summed E-state index contributed by atoms with van der Waals surface area (Å²) in [5, 5.41) is 9.40. The normalized spacial score (nSPS) is 10.1. The molecule has 0 fully saturated rings. The fraction of sp³-hybridized carbons (Fsp3) is 0.0769. The van der Waals surface area contributed by atoms with E-state index in [0.717, 1.165) is 5.56 Å².